The van der Waals surface area contributed by atoms with Gasteiger partial charge < -0.3 is 22.0 Å². The highest BCUT2D eigenvalue weighted by molar-refractivity contribution is 5.85. The molecule has 0 radical (unpaired) electrons. The topological polar surface area (TPSA) is 42.8 Å². The van der Waals surface area contributed by atoms with Crippen molar-refractivity contribution in [3.63, 3.8) is 0 Å². The lowest BCUT2D eigenvalue weighted by Gasteiger charge is -2.38. The Morgan fingerprint density at radius 3 is 2.54 bits per heavy atom. The van der Waals surface area contributed by atoms with E-state index < -0.39 is 0 Å². The molecule has 1 saturated heterocycles. The summed E-state index contributed by atoms with van der Waals surface area (Å²) >= 11 is 0. The lowest BCUT2D eigenvalue weighted by molar-refractivity contribution is -0.934. The number of aryl methyl sites for hydroxylation is 1. The highest BCUT2D eigenvalue weighted by Gasteiger charge is 2.36. The minimum atomic E-state index is -0.299. The van der Waals surface area contributed by atoms with E-state index in [-0.39, 0.29) is 24.6 Å². The Labute approximate surface area is 151 Å². The number of hydrogen-bond donors (Lipinski definition) is 2. The number of carbonyl (C=O) groups is 1. The van der Waals surface area contributed by atoms with E-state index in [9.17, 15) is 4.79 Å². The van der Waals surface area contributed by atoms with Crippen molar-refractivity contribution in [3.05, 3.63) is 29.8 Å². The third-order valence-electron chi connectivity index (χ3n) is 5.36. The molecule has 134 valence electrons. The Morgan fingerprint density at radius 1 is 1.08 bits per heavy atom. The number of rotatable bonds is 3. The number of piperidine rings is 1. The molecular formula is C19H29ClN2O2. The third-order valence-corrected chi connectivity index (χ3v) is 5.36. The summed E-state index contributed by atoms with van der Waals surface area (Å²) in [6.07, 6.45) is 8.40. The van der Waals surface area contributed by atoms with Gasteiger partial charge in [0.05, 0.1) is 13.1 Å². The van der Waals surface area contributed by atoms with Gasteiger partial charge in [-0.2, -0.15) is 0 Å². The fourth-order valence-corrected chi connectivity index (χ4v) is 4.07. The molecule has 4 nitrogen and oxygen atoms in total. The summed E-state index contributed by atoms with van der Waals surface area (Å²) in [5, 5.41) is 2.91. The van der Waals surface area contributed by atoms with E-state index in [1.807, 2.05) is 31.2 Å². The number of anilines is 1. The molecule has 2 atom stereocenters. The van der Waals surface area contributed by atoms with E-state index in [0.29, 0.717) is 6.04 Å². The summed E-state index contributed by atoms with van der Waals surface area (Å²) in [6, 6.07) is 8.32. The Balaban J connectivity index is 0.00000208. The molecule has 0 aromatic heterocycles. The average molecular weight is 353 g/mol. The van der Waals surface area contributed by atoms with E-state index >= 15 is 0 Å². The zero-order valence-corrected chi connectivity index (χ0v) is 15.3. The molecule has 0 spiro atoms. The lowest BCUT2D eigenvalue weighted by atomic mass is 9.90. The number of para-hydroxylation sites is 1. The van der Waals surface area contributed by atoms with Crippen LogP contribution in [0.15, 0.2) is 24.3 Å². The largest absolute Gasteiger partial charge is 1.00 e. The summed E-state index contributed by atoms with van der Waals surface area (Å²) in [7, 11) is 0. The Morgan fingerprint density at radius 2 is 1.79 bits per heavy atom. The van der Waals surface area contributed by atoms with Crippen LogP contribution in [0.3, 0.4) is 0 Å². The number of benzene rings is 1. The van der Waals surface area contributed by atoms with Gasteiger partial charge in [0.1, 0.15) is 6.04 Å². The molecule has 2 aliphatic rings. The Bertz CT molecular complexity index is 532. The number of ether oxygens (including phenoxy) is 1. The highest BCUT2D eigenvalue weighted by Crippen LogP contribution is 2.21. The molecule has 24 heavy (non-hydrogen) atoms. The lowest BCUT2D eigenvalue weighted by Crippen LogP contribution is -3.17. The van der Waals surface area contributed by atoms with Gasteiger partial charge in [-0.05, 0) is 57.1 Å². The van der Waals surface area contributed by atoms with Gasteiger partial charge in [-0.25, -0.2) is 4.79 Å². The number of quaternary nitrogens is 1. The molecule has 2 N–H and O–H groups in total. The zero-order valence-electron chi connectivity index (χ0n) is 14.5. The number of hydrogen-bond acceptors (Lipinski definition) is 2. The number of halogens is 1. The van der Waals surface area contributed by atoms with Gasteiger partial charge in [0.2, 0.25) is 0 Å². The van der Waals surface area contributed by atoms with Crippen molar-refractivity contribution in [3.8, 4) is 0 Å². The van der Waals surface area contributed by atoms with E-state index in [1.54, 1.807) is 4.90 Å². The van der Waals surface area contributed by atoms with Gasteiger partial charge >= 0.3 is 6.09 Å². The highest BCUT2D eigenvalue weighted by atomic mass is 35.5. The molecule has 3 rings (SSSR count). The fourth-order valence-electron chi connectivity index (χ4n) is 4.07. The maximum Gasteiger partial charge on any atom is 0.412 e. The van der Waals surface area contributed by atoms with Crippen LogP contribution in [0.25, 0.3) is 0 Å². The first kappa shape index (κ1) is 19.1. The summed E-state index contributed by atoms with van der Waals surface area (Å²) in [4.78, 5) is 14.0. The molecule has 2 unspecified atom stereocenters. The molecule has 1 amide bonds. The molecule has 1 heterocycles. The van der Waals surface area contributed by atoms with Gasteiger partial charge in [-0.1, -0.05) is 18.2 Å². The first-order valence-electron chi connectivity index (χ1n) is 9.12. The molecule has 0 bridgehead atoms. The summed E-state index contributed by atoms with van der Waals surface area (Å²) in [6.45, 7) is 4.48. The van der Waals surface area contributed by atoms with Crippen molar-refractivity contribution in [2.24, 2.45) is 0 Å². The van der Waals surface area contributed by atoms with Crippen molar-refractivity contribution in [2.75, 3.05) is 18.4 Å². The summed E-state index contributed by atoms with van der Waals surface area (Å²) < 4.78 is 5.85. The Hall–Kier alpha value is -1.26. The second-order valence-electron chi connectivity index (χ2n) is 6.99. The van der Waals surface area contributed by atoms with Crippen LogP contribution in [0.1, 0.15) is 50.5 Å². The molecule has 1 aromatic carbocycles. The molecule has 2 fully saturated rings. The maximum atomic E-state index is 12.3. The fraction of sp³-hybridized carbons (Fsp3) is 0.632. The van der Waals surface area contributed by atoms with E-state index in [1.165, 1.54) is 51.6 Å². The summed E-state index contributed by atoms with van der Waals surface area (Å²) in [5.41, 5.74) is 1.90. The Kier molecular flexibility index (Phi) is 7.38. The molecule has 5 heteroatoms. The van der Waals surface area contributed by atoms with Gasteiger partial charge in [0.25, 0.3) is 0 Å². The smallest absolute Gasteiger partial charge is 0.412 e. The first-order chi connectivity index (χ1) is 11.2. The number of nitrogens with one attached hydrogen (secondary N) is 2. The molecular weight excluding hydrogens is 324 g/mol. The van der Waals surface area contributed by atoms with Gasteiger partial charge in [-0.15, -0.1) is 0 Å². The van der Waals surface area contributed by atoms with Crippen molar-refractivity contribution >= 4 is 11.8 Å². The van der Waals surface area contributed by atoms with Gasteiger partial charge in [-0.3, -0.25) is 5.32 Å². The number of likely N-dealkylation sites (tertiary alicyclic amines) is 1. The third kappa shape index (κ3) is 4.87. The number of amides is 1. The van der Waals surface area contributed by atoms with E-state index in [2.05, 4.69) is 5.32 Å². The quantitative estimate of drug-likeness (QED) is 0.799. The average Bonchev–Trinajstić information content (AvgIpc) is 2.58. The minimum Gasteiger partial charge on any atom is -1.00 e. The standard InChI is InChI=1S/C19H28N2O2.ClH/c1-15-9-3-4-10-16(15)20-19(22)23-18-12-6-5-11-17(18)21-13-7-2-8-14-21;/h3-4,9-10,17-18H,2,5-8,11-14H2,1H3,(H,20,22);1H. The predicted molar refractivity (Wildman–Crippen MR) is 91.9 cm³/mol. The molecule has 1 aromatic rings. The monoisotopic (exact) mass is 352 g/mol. The van der Waals surface area contributed by atoms with Crippen LogP contribution in [0.5, 0.6) is 0 Å². The molecule has 1 aliphatic heterocycles. The van der Waals surface area contributed by atoms with Crippen molar-refractivity contribution in [1.82, 2.24) is 0 Å². The van der Waals surface area contributed by atoms with E-state index in [0.717, 1.165) is 17.7 Å². The molecule has 1 saturated carbocycles. The zero-order chi connectivity index (χ0) is 16.1. The van der Waals surface area contributed by atoms with Crippen LogP contribution in [0.2, 0.25) is 0 Å². The second kappa shape index (κ2) is 9.28. The predicted octanol–water partition coefficient (Wildman–Crippen LogP) is -0.0725. The van der Waals surface area contributed by atoms with Crippen LogP contribution in [0.4, 0.5) is 10.5 Å². The summed E-state index contributed by atoms with van der Waals surface area (Å²) in [5.74, 6) is 0. The van der Waals surface area contributed by atoms with Crippen LogP contribution in [-0.4, -0.2) is 31.3 Å². The van der Waals surface area contributed by atoms with Gasteiger partial charge in [0.15, 0.2) is 6.10 Å². The minimum absolute atomic E-state index is 0. The van der Waals surface area contributed by atoms with Crippen molar-refractivity contribution in [2.45, 2.75) is 64.0 Å². The first-order valence-corrected chi connectivity index (χ1v) is 9.12. The van der Waals surface area contributed by atoms with Crippen LogP contribution >= 0.6 is 0 Å². The SMILES string of the molecule is Cc1ccccc1NC(=O)OC1CCCCC1[NH+]1CCCCC1.[Cl-]. The normalized spacial score (nSPS) is 24.7. The number of carbonyl (C=O) groups excluding carboxylic acids is 1. The van der Waals surface area contributed by atoms with Crippen LogP contribution < -0.4 is 22.6 Å². The van der Waals surface area contributed by atoms with Gasteiger partial charge in [0, 0.05) is 12.1 Å². The van der Waals surface area contributed by atoms with Crippen molar-refractivity contribution < 1.29 is 26.8 Å². The maximum absolute atomic E-state index is 12.3. The van der Waals surface area contributed by atoms with Crippen molar-refractivity contribution in [1.29, 1.82) is 0 Å². The second-order valence-corrected chi connectivity index (χ2v) is 6.99. The van der Waals surface area contributed by atoms with Crippen LogP contribution in [-0.2, 0) is 4.74 Å². The van der Waals surface area contributed by atoms with E-state index in [4.69, 9.17) is 4.74 Å². The molecule has 1 aliphatic carbocycles. The van der Waals surface area contributed by atoms with Crippen LogP contribution in [0, 0.1) is 6.92 Å².